The summed E-state index contributed by atoms with van der Waals surface area (Å²) in [5, 5.41) is 9.80. The average molecular weight is 435 g/mol. The summed E-state index contributed by atoms with van der Waals surface area (Å²) in [6, 6.07) is 3.30. The number of thiazole rings is 1. The van der Waals surface area contributed by atoms with Gasteiger partial charge in [-0.05, 0) is 30.2 Å². The Morgan fingerprint density at radius 2 is 1.90 bits per heavy atom. The van der Waals surface area contributed by atoms with Crippen molar-refractivity contribution in [2.24, 2.45) is 5.92 Å². The number of amides is 3. The second kappa shape index (κ2) is 9.98. The van der Waals surface area contributed by atoms with Crippen molar-refractivity contribution in [3.8, 4) is 0 Å². The molecular weight excluding hydrogens is 408 g/mol. The molecule has 3 heterocycles. The minimum atomic E-state index is -0.524. The van der Waals surface area contributed by atoms with E-state index in [4.69, 9.17) is 0 Å². The number of rotatable bonds is 8. The van der Waals surface area contributed by atoms with Gasteiger partial charge in [-0.3, -0.25) is 14.4 Å². The summed E-state index contributed by atoms with van der Waals surface area (Å²) >= 11 is 2.82. The normalized spacial score (nSPS) is 14.8. The minimum Gasteiger partial charge on any atom is -0.344 e. The second-order valence-electron chi connectivity index (χ2n) is 7.45. The van der Waals surface area contributed by atoms with Crippen LogP contribution in [0.25, 0.3) is 0 Å². The Hall–Kier alpha value is -2.26. The number of nitrogens with one attached hydrogen (secondary N) is 2. The molecule has 29 heavy (non-hydrogen) atoms. The standard InChI is InChI=1S/C20H26N4O3S2/c1-13(2)18(19(27)24-7-3-4-8-24)22-16(25)10-14-12-29-20(21-14)23-17(26)11-15-6-5-9-28-15/h5-6,9,12-13,18H,3-4,7-8,10-11H2,1-2H3,(H,22,25)(H,21,23,26)/t18-/m0/s1. The van der Waals surface area contributed by atoms with Gasteiger partial charge in [0.25, 0.3) is 0 Å². The van der Waals surface area contributed by atoms with Gasteiger partial charge in [0.05, 0.1) is 18.5 Å². The molecule has 1 saturated heterocycles. The number of thiophene rings is 1. The Kier molecular flexibility index (Phi) is 7.38. The summed E-state index contributed by atoms with van der Waals surface area (Å²) in [6.45, 7) is 5.39. The lowest BCUT2D eigenvalue weighted by Crippen LogP contribution is -2.50. The third-order valence-corrected chi connectivity index (χ3v) is 6.40. The summed E-state index contributed by atoms with van der Waals surface area (Å²) in [5.41, 5.74) is 0.579. The average Bonchev–Trinajstić information content (AvgIpc) is 3.42. The Labute approximate surface area is 178 Å². The van der Waals surface area contributed by atoms with Gasteiger partial charge in [0.1, 0.15) is 6.04 Å². The molecule has 7 nitrogen and oxygen atoms in total. The molecule has 0 aliphatic carbocycles. The Bertz CT molecular complexity index is 842. The molecule has 0 radical (unpaired) electrons. The molecule has 3 rings (SSSR count). The van der Waals surface area contributed by atoms with E-state index in [1.165, 1.54) is 22.7 Å². The highest BCUT2D eigenvalue weighted by molar-refractivity contribution is 7.14. The van der Waals surface area contributed by atoms with Crippen LogP contribution in [-0.4, -0.2) is 46.7 Å². The Morgan fingerprint density at radius 1 is 1.14 bits per heavy atom. The monoisotopic (exact) mass is 434 g/mol. The summed E-state index contributed by atoms with van der Waals surface area (Å²) in [7, 11) is 0. The molecule has 9 heteroatoms. The van der Waals surface area contributed by atoms with Crippen molar-refractivity contribution >= 4 is 45.5 Å². The maximum Gasteiger partial charge on any atom is 0.245 e. The first-order valence-electron chi connectivity index (χ1n) is 9.77. The number of carbonyl (C=O) groups excluding carboxylic acids is 3. The lowest BCUT2D eigenvalue weighted by Gasteiger charge is -2.26. The van der Waals surface area contributed by atoms with Crippen molar-refractivity contribution in [1.82, 2.24) is 15.2 Å². The van der Waals surface area contributed by atoms with E-state index in [1.54, 1.807) is 5.38 Å². The highest BCUT2D eigenvalue weighted by Gasteiger charge is 2.30. The van der Waals surface area contributed by atoms with E-state index in [-0.39, 0.29) is 30.1 Å². The van der Waals surface area contributed by atoms with E-state index in [0.717, 1.165) is 30.8 Å². The van der Waals surface area contributed by atoms with E-state index < -0.39 is 6.04 Å². The van der Waals surface area contributed by atoms with E-state index >= 15 is 0 Å². The van der Waals surface area contributed by atoms with Crippen LogP contribution in [0.1, 0.15) is 37.3 Å². The van der Waals surface area contributed by atoms with Crippen molar-refractivity contribution in [2.75, 3.05) is 18.4 Å². The van der Waals surface area contributed by atoms with Gasteiger partial charge in [-0.25, -0.2) is 4.98 Å². The minimum absolute atomic E-state index is 0.00865. The predicted octanol–water partition coefficient (Wildman–Crippen LogP) is 2.69. The zero-order valence-electron chi connectivity index (χ0n) is 16.6. The largest absolute Gasteiger partial charge is 0.344 e. The number of carbonyl (C=O) groups is 3. The molecule has 3 amide bonds. The van der Waals surface area contributed by atoms with Gasteiger partial charge < -0.3 is 15.5 Å². The van der Waals surface area contributed by atoms with Crippen LogP contribution >= 0.6 is 22.7 Å². The molecule has 0 saturated carbocycles. The van der Waals surface area contributed by atoms with Crippen LogP contribution in [0.4, 0.5) is 5.13 Å². The first-order valence-corrected chi connectivity index (χ1v) is 11.5. The Morgan fingerprint density at radius 3 is 2.55 bits per heavy atom. The van der Waals surface area contributed by atoms with Gasteiger partial charge in [0.2, 0.25) is 17.7 Å². The van der Waals surface area contributed by atoms with Crippen molar-refractivity contribution in [2.45, 2.75) is 45.6 Å². The van der Waals surface area contributed by atoms with Gasteiger partial charge in [-0.1, -0.05) is 19.9 Å². The summed E-state index contributed by atoms with van der Waals surface area (Å²) in [6.07, 6.45) is 2.42. The van der Waals surface area contributed by atoms with Crippen LogP contribution < -0.4 is 10.6 Å². The van der Waals surface area contributed by atoms with Gasteiger partial charge in [-0.15, -0.1) is 22.7 Å². The van der Waals surface area contributed by atoms with E-state index in [1.807, 2.05) is 36.3 Å². The molecule has 0 unspecified atom stereocenters. The van der Waals surface area contributed by atoms with E-state index in [2.05, 4.69) is 15.6 Å². The number of hydrogen-bond donors (Lipinski definition) is 2. The summed E-state index contributed by atoms with van der Waals surface area (Å²) in [5.74, 6) is -0.368. The fourth-order valence-electron chi connectivity index (χ4n) is 3.22. The third-order valence-electron chi connectivity index (χ3n) is 4.72. The molecule has 2 N–H and O–H groups in total. The van der Waals surface area contributed by atoms with Crippen molar-refractivity contribution in [3.63, 3.8) is 0 Å². The zero-order chi connectivity index (χ0) is 20.8. The molecule has 0 aromatic carbocycles. The topological polar surface area (TPSA) is 91.4 Å². The number of hydrogen-bond acceptors (Lipinski definition) is 6. The number of anilines is 1. The van der Waals surface area contributed by atoms with Crippen LogP contribution in [0, 0.1) is 5.92 Å². The Balaban J connectivity index is 1.52. The van der Waals surface area contributed by atoms with Crippen molar-refractivity contribution < 1.29 is 14.4 Å². The number of nitrogens with zero attached hydrogens (tertiary/aromatic N) is 2. The molecular formula is C20H26N4O3S2. The SMILES string of the molecule is CC(C)[C@H](NC(=O)Cc1csc(NC(=O)Cc2cccs2)n1)C(=O)N1CCCC1. The molecule has 1 aliphatic heterocycles. The molecule has 1 aliphatic rings. The molecule has 1 atom stereocenters. The van der Waals surface area contributed by atoms with E-state index in [9.17, 15) is 14.4 Å². The first-order chi connectivity index (χ1) is 13.9. The lowest BCUT2D eigenvalue weighted by atomic mass is 10.0. The van der Waals surface area contributed by atoms with Gasteiger partial charge >= 0.3 is 0 Å². The van der Waals surface area contributed by atoms with Gasteiger partial charge in [-0.2, -0.15) is 0 Å². The lowest BCUT2D eigenvalue weighted by molar-refractivity contribution is -0.136. The molecule has 0 spiro atoms. The smallest absolute Gasteiger partial charge is 0.245 e. The molecule has 2 aromatic heterocycles. The highest BCUT2D eigenvalue weighted by Crippen LogP contribution is 2.18. The second-order valence-corrected chi connectivity index (χ2v) is 9.34. The van der Waals surface area contributed by atoms with Crippen molar-refractivity contribution in [1.29, 1.82) is 0 Å². The summed E-state index contributed by atoms with van der Waals surface area (Å²) in [4.78, 5) is 44.4. The molecule has 2 aromatic rings. The number of aromatic nitrogens is 1. The zero-order valence-corrected chi connectivity index (χ0v) is 18.3. The molecule has 156 valence electrons. The predicted molar refractivity (Wildman–Crippen MR) is 115 cm³/mol. The quantitative estimate of drug-likeness (QED) is 0.668. The molecule has 0 bridgehead atoms. The van der Waals surface area contributed by atoms with Crippen LogP contribution in [0.5, 0.6) is 0 Å². The van der Waals surface area contributed by atoms with Crippen LogP contribution in [-0.2, 0) is 27.2 Å². The van der Waals surface area contributed by atoms with Gasteiger partial charge in [0, 0.05) is 23.3 Å². The fourth-order valence-corrected chi connectivity index (χ4v) is 4.65. The van der Waals surface area contributed by atoms with Gasteiger partial charge in [0.15, 0.2) is 5.13 Å². The van der Waals surface area contributed by atoms with E-state index in [0.29, 0.717) is 17.2 Å². The maximum atomic E-state index is 12.7. The first kappa shape index (κ1) is 21.4. The number of likely N-dealkylation sites (tertiary alicyclic amines) is 1. The summed E-state index contributed by atoms with van der Waals surface area (Å²) < 4.78 is 0. The molecule has 1 fully saturated rings. The van der Waals surface area contributed by atoms with Crippen molar-refractivity contribution in [3.05, 3.63) is 33.5 Å². The highest BCUT2D eigenvalue weighted by atomic mass is 32.1. The van der Waals surface area contributed by atoms with Crippen LogP contribution in [0.3, 0.4) is 0 Å². The maximum absolute atomic E-state index is 12.7. The third kappa shape index (κ3) is 6.11. The van der Waals surface area contributed by atoms with Crippen LogP contribution in [0.2, 0.25) is 0 Å². The fraction of sp³-hybridized carbons (Fsp3) is 0.500. The van der Waals surface area contributed by atoms with Crippen LogP contribution in [0.15, 0.2) is 22.9 Å².